The third-order valence-corrected chi connectivity index (χ3v) is 17.5. The molecule has 5 fully saturated rings. The summed E-state index contributed by atoms with van der Waals surface area (Å²) in [5.41, 5.74) is 6.82. The Balaban J connectivity index is 1.13. The van der Waals surface area contributed by atoms with E-state index in [1.807, 2.05) is 0 Å². The molecule has 8 rings (SSSR count). The van der Waals surface area contributed by atoms with Gasteiger partial charge in [0.05, 0.1) is 49.1 Å². The van der Waals surface area contributed by atoms with E-state index in [0.29, 0.717) is 34.7 Å². The number of phenolic OH excluding ortho intramolecular Hbond substituents is 1. The number of nitrogens with two attached hydrogens (primary N) is 1. The molecule has 0 aliphatic carbocycles. The molecule has 17 atom stereocenters. The molecule has 0 aromatic heterocycles. The number of hydrogen-bond acceptors (Lipinski definition) is 18. The number of rotatable bonds is 21. The van der Waals surface area contributed by atoms with Gasteiger partial charge in [-0.3, -0.25) is 43.7 Å². The summed E-state index contributed by atoms with van der Waals surface area (Å²) in [6.45, 7) is 7.48. The number of benzene rings is 3. The molecular formula is C62H86B2N8O17. The number of nitrogens with zero attached hydrogens (tertiary/aromatic N) is 1. The molecule has 5 aliphatic heterocycles. The number of nitrogens with one attached hydrogen (secondary N) is 6. The zero-order chi connectivity index (χ0) is 64.1. The first-order valence-corrected chi connectivity index (χ1v) is 31.2. The topological polar surface area (TPSA) is 376 Å². The van der Waals surface area contributed by atoms with Crippen LogP contribution >= 0.6 is 0 Å². The molecular weight excluding hydrogens is 1150 g/mol. The molecule has 0 radical (unpaired) electrons. The third kappa shape index (κ3) is 18.0. The lowest BCUT2D eigenvalue weighted by atomic mass is 9.79. The maximum atomic E-state index is 15.3. The molecule has 5 aliphatic rings. The summed E-state index contributed by atoms with van der Waals surface area (Å²) in [5, 5.41) is 72.1. The van der Waals surface area contributed by atoms with Gasteiger partial charge in [0, 0.05) is 25.8 Å². The van der Waals surface area contributed by atoms with E-state index < -0.39 is 185 Å². The van der Waals surface area contributed by atoms with Crippen LogP contribution in [-0.2, 0) is 57.0 Å². The van der Waals surface area contributed by atoms with Crippen LogP contribution in [0.1, 0.15) is 129 Å². The Morgan fingerprint density at radius 2 is 1.31 bits per heavy atom. The number of ketones is 1. The highest BCUT2D eigenvalue weighted by molar-refractivity contribution is 6.62. The Morgan fingerprint density at radius 1 is 0.697 bits per heavy atom. The molecule has 3 aromatic carbocycles. The van der Waals surface area contributed by atoms with Gasteiger partial charge >= 0.3 is 14.2 Å². The quantitative estimate of drug-likeness (QED) is 0.0462. The van der Waals surface area contributed by atoms with Crippen molar-refractivity contribution in [3.05, 3.63) is 90.5 Å². The maximum Gasteiger partial charge on any atom is 0.495 e. The Morgan fingerprint density at radius 3 is 1.96 bits per heavy atom. The number of primary amides is 1. The number of carbonyl (C=O) groups is 8. The summed E-state index contributed by atoms with van der Waals surface area (Å²) in [4.78, 5) is 117. The minimum atomic E-state index is -2.05. The van der Waals surface area contributed by atoms with Gasteiger partial charge in [-0.15, -0.1) is 0 Å². The van der Waals surface area contributed by atoms with E-state index in [-0.39, 0.29) is 12.2 Å². The number of hydrogen-bond donors (Lipinski definition) is 12. The van der Waals surface area contributed by atoms with Gasteiger partial charge in [0.2, 0.25) is 41.4 Å². The van der Waals surface area contributed by atoms with Gasteiger partial charge in [0.15, 0.2) is 5.78 Å². The fourth-order valence-electron chi connectivity index (χ4n) is 12.4. The van der Waals surface area contributed by atoms with Crippen molar-refractivity contribution in [3.63, 3.8) is 0 Å². The SMILES string of the molecule is CCC(C)CC(C)CCCCCCCCC(=O)N[C@@H]1C[C@H]2OB(c3ccccc3)O[C@H]2NC(=O)[C@H]2NC(C[C@@H]2O)C(=O)[C@H]([C@H](O)CC(N)=O)NC(=O)[C@H]([C@@H]2OB(c3ccccc3)O[C@H]2c2ccc(O)cc2)NC(=O)[C@@H]2C[C@@H](O)CN2C(=O)[C@H]([C@@H](C)O)NC1=O. The zero-order valence-corrected chi connectivity index (χ0v) is 50.8. The van der Waals surface area contributed by atoms with Crippen molar-refractivity contribution in [2.24, 2.45) is 17.6 Å². The van der Waals surface area contributed by atoms with Gasteiger partial charge in [-0.25, -0.2) is 0 Å². The lowest BCUT2D eigenvalue weighted by Gasteiger charge is -2.34. The Labute approximate surface area is 518 Å². The van der Waals surface area contributed by atoms with Crippen LogP contribution in [0.25, 0.3) is 0 Å². The molecule has 2 bridgehead atoms. The van der Waals surface area contributed by atoms with E-state index in [0.717, 1.165) is 49.8 Å². The third-order valence-electron chi connectivity index (χ3n) is 17.5. The van der Waals surface area contributed by atoms with Gasteiger partial charge in [-0.05, 0) is 66.6 Å². The van der Waals surface area contributed by atoms with Crippen LogP contribution in [0, 0.1) is 11.8 Å². The van der Waals surface area contributed by atoms with Crippen molar-refractivity contribution in [3.8, 4) is 5.75 Å². The van der Waals surface area contributed by atoms with Gasteiger partial charge in [0.25, 0.3) is 0 Å². The number of aromatic hydroxyl groups is 1. The first-order valence-electron chi connectivity index (χ1n) is 31.2. The normalized spacial score (nSPS) is 29.5. The van der Waals surface area contributed by atoms with Crippen LogP contribution in [0.5, 0.6) is 5.75 Å². The minimum absolute atomic E-state index is 0.0109. The van der Waals surface area contributed by atoms with Crippen molar-refractivity contribution in [2.45, 2.75) is 209 Å². The van der Waals surface area contributed by atoms with Gasteiger partial charge in [-0.1, -0.05) is 139 Å². The van der Waals surface area contributed by atoms with Crippen molar-refractivity contribution >= 4 is 72.3 Å². The van der Waals surface area contributed by atoms with E-state index in [1.54, 1.807) is 60.7 Å². The van der Waals surface area contributed by atoms with Crippen LogP contribution in [0.3, 0.4) is 0 Å². The summed E-state index contributed by atoms with van der Waals surface area (Å²) < 4.78 is 25.6. The number of unbranched alkanes of at least 4 members (excludes halogenated alkanes) is 5. The number of aliphatic hydroxyl groups is 4. The second-order valence-electron chi connectivity index (χ2n) is 24.6. The van der Waals surface area contributed by atoms with E-state index in [4.69, 9.17) is 24.4 Å². The number of aliphatic hydroxyl groups excluding tert-OH is 4. The van der Waals surface area contributed by atoms with E-state index in [2.05, 4.69) is 52.7 Å². The smallest absolute Gasteiger partial charge is 0.495 e. The number of Topliss-reactive ketones (excluding diaryl/α,β-unsaturated/α-hetero) is 1. The Kier molecular flexibility index (Phi) is 24.3. The first-order chi connectivity index (χ1) is 42.6. The monoisotopic (exact) mass is 1240 g/mol. The molecule has 7 amide bonds. The van der Waals surface area contributed by atoms with Crippen LogP contribution < -0.4 is 48.6 Å². The molecule has 13 N–H and O–H groups in total. The van der Waals surface area contributed by atoms with Gasteiger partial charge in [0.1, 0.15) is 54.3 Å². The minimum Gasteiger partial charge on any atom is -0.508 e. The van der Waals surface area contributed by atoms with Crippen molar-refractivity contribution in [1.29, 1.82) is 0 Å². The number of carbonyl (C=O) groups excluding carboxylic acids is 8. The number of phenols is 1. The lowest BCUT2D eigenvalue weighted by molar-refractivity contribution is -0.145. The average molecular weight is 1240 g/mol. The summed E-state index contributed by atoms with van der Waals surface area (Å²) in [6, 6.07) is 10.6. The molecule has 0 saturated carbocycles. The van der Waals surface area contributed by atoms with Crippen LogP contribution in [0.2, 0.25) is 0 Å². The van der Waals surface area contributed by atoms with Crippen LogP contribution in [0.4, 0.5) is 0 Å². The lowest BCUT2D eigenvalue weighted by Crippen LogP contribution is -2.64. The Hall–Kier alpha value is -6.81. The molecule has 0 spiro atoms. The predicted molar refractivity (Wildman–Crippen MR) is 325 cm³/mol. The maximum absolute atomic E-state index is 15.3. The average Bonchev–Trinajstić information content (AvgIpc) is 1.77. The summed E-state index contributed by atoms with van der Waals surface area (Å²) in [5.74, 6) is -6.69. The first kappa shape index (κ1) is 68.1. The predicted octanol–water partition coefficient (Wildman–Crippen LogP) is -0.727. The molecule has 5 heterocycles. The summed E-state index contributed by atoms with van der Waals surface area (Å²) >= 11 is 0. The molecule has 25 nitrogen and oxygen atoms in total. The molecule has 27 heteroatoms. The van der Waals surface area contributed by atoms with E-state index in [9.17, 15) is 54.3 Å². The highest BCUT2D eigenvalue weighted by Gasteiger charge is 2.53. The summed E-state index contributed by atoms with van der Waals surface area (Å²) in [6.07, 6.45) is -5.62. The van der Waals surface area contributed by atoms with Crippen molar-refractivity contribution in [2.75, 3.05) is 6.54 Å². The second kappa shape index (κ2) is 31.8. The van der Waals surface area contributed by atoms with E-state index in [1.165, 1.54) is 37.6 Å². The van der Waals surface area contributed by atoms with Crippen molar-refractivity contribution in [1.82, 2.24) is 36.8 Å². The fraction of sp³-hybridized carbons (Fsp3) is 0.581. The molecule has 5 saturated heterocycles. The van der Waals surface area contributed by atoms with Gasteiger partial charge < -0.3 is 81.4 Å². The molecule has 3 unspecified atom stereocenters. The van der Waals surface area contributed by atoms with Crippen LogP contribution in [-0.4, -0.2) is 183 Å². The molecule has 482 valence electrons. The van der Waals surface area contributed by atoms with Crippen LogP contribution in [0.15, 0.2) is 84.9 Å². The van der Waals surface area contributed by atoms with Gasteiger partial charge in [-0.2, -0.15) is 0 Å². The van der Waals surface area contributed by atoms with Crippen molar-refractivity contribution < 1.29 is 82.5 Å². The highest BCUT2D eigenvalue weighted by atomic mass is 16.7. The number of amides is 7. The second-order valence-corrected chi connectivity index (χ2v) is 24.6. The van der Waals surface area contributed by atoms with E-state index >= 15 is 9.59 Å². The standard InChI is InChI=1S/C62H86B2N8O17/c1-5-34(2)28-35(3)18-12-8-6-7-9-17-23-49(79)66-43-31-47-61(89-63(86-47)38-19-13-10-14-20-38)71-59(83)52-45(76)30-42(67-52)54(80)51(46(77)32-48(65)78)69-60(84)53(70-58(82)44-29-41(75)33-72(44)62(85)50(36(4)73)68-57(43)81)56-55(37-24-26-40(74)27-25-37)87-64(88-56)39-21-15-11-16-22-39/h10-11,13-16,19-22,24-27,34-36,41-47,50-53,55-56,61,67,73-77H,5-9,12,17-18,23,28-33H2,1-4H3,(H2,65,78)(H,66,79)(H,68,81)(H,69,84)(H,70,82)(H,71,83)/t34?,35?,36-,41-,42?,43-,44+,45+,46-,47-,50+,51+,52+,53+,55+,56+,61-/m1/s1. The highest BCUT2D eigenvalue weighted by Crippen LogP contribution is 2.35. The molecule has 3 aromatic rings. The fourth-order valence-corrected chi connectivity index (χ4v) is 12.4. The zero-order valence-electron chi connectivity index (χ0n) is 50.8. The number of fused-ring (bicyclic) bond motifs is 4. The summed E-state index contributed by atoms with van der Waals surface area (Å²) in [7, 11) is -2.39. The largest absolute Gasteiger partial charge is 0.508 e. The molecule has 89 heavy (non-hydrogen) atoms. The Bertz CT molecular complexity index is 2900.